The zero-order chi connectivity index (χ0) is 4.99. The summed E-state index contributed by atoms with van der Waals surface area (Å²) in [5.74, 6) is 0. The minimum Gasteiger partial charge on any atom is -0.294 e. The van der Waals surface area contributed by atoms with Gasteiger partial charge >= 0.3 is 0 Å². The Hall–Kier alpha value is 0.0569. The fourth-order valence-electron chi connectivity index (χ4n) is 0.182. The Labute approximate surface area is 41.5 Å². The number of rotatable bonds is 2. The van der Waals surface area contributed by atoms with Crippen LogP contribution >= 0.6 is 7.35 Å². The Morgan fingerprint density at radius 1 is 2.00 bits per heavy atom. The summed E-state index contributed by atoms with van der Waals surface area (Å²) in [6, 6.07) is 0. The molecule has 0 heterocycles. The third kappa shape index (κ3) is 4.06. The second-order valence-electron chi connectivity index (χ2n) is 1.10. The Balaban J connectivity index is 3.05. The molecule has 0 amide bonds. The number of allylic oxidation sites excluding steroid dienone is 1. The van der Waals surface area contributed by atoms with Gasteiger partial charge in [-0.05, 0) is 0 Å². The van der Waals surface area contributed by atoms with Crippen LogP contribution < -0.4 is 0 Å². The van der Waals surface area contributed by atoms with Crippen LogP contribution in [0.2, 0.25) is 0 Å². The molecule has 1 nitrogen and oxygen atoms in total. The van der Waals surface area contributed by atoms with Crippen molar-refractivity contribution in [3.63, 3.8) is 0 Å². The fraction of sp³-hybridized carbons (Fsp3) is 0.333. The van der Waals surface area contributed by atoms with Crippen molar-refractivity contribution in [3.8, 4) is 0 Å². The van der Waals surface area contributed by atoms with Gasteiger partial charge in [0.2, 0.25) is 0 Å². The van der Waals surface area contributed by atoms with Gasteiger partial charge in [0.15, 0.2) is 0 Å². The summed E-state index contributed by atoms with van der Waals surface area (Å²) >= 11 is 0. The highest BCUT2D eigenvalue weighted by molar-refractivity contribution is 7.71. The highest BCUT2D eigenvalue weighted by Gasteiger charge is 1.78. The van der Waals surface area contributed by atoms with Gasteiger partial charge in [-0.15, -0.1) is 6.58 Å². The van der Waals surface area contributed by atoms with Crippen molar-refractivity contribution in [2.45, 2.75) is 0 Å². The predicted octanol–water partition coefficient (Wildman–Crippen LogP) is 0.280. The first-order valence-electron chi connectivity index (χ1n) is 1.76. The van der Waals surface area contributed by atoms with Crippen LogP contribution in [-0.4, -0.2) is 16.1 Å². The third-order valence-electron chi connectivity index (χ3n) is 0.386. The van der Waals surface area contributed by atoms with Gasteiger partial charge in [0.25, 0.3) is 0 Å². The zero-order valence-electron chi connectivity index (χ0n) is 3.85. The van der Waals surface area contributed by atoms with Gasteiger partial charge in [-0.1, -0.05) is 6.08 Å². The van der Waals surface area contributed by atoms with Crippen LogP contribution in [-0.2, 0) is 4.57 Å². The average molecular weight is 119 g/mol. The summed E-state index contributed by atoms with van der Waals surface area (Å²) in [4.78, 5) is 0. The molecule has 0 aliphatic heterocycles. The molecular weight excluding hydrogens is 111 g/mol. The van der Waals surface area contributed by atoms with E-state index in [1.54, 1.807) is 6.08 Å². The summed E-state index contributed by atoms with van der Waals surface area (Å²) in [6.45, 7) is 3.44. The fourth-order valence-corrected chi connectivity index (χ4v) is 1.32. The van der Waals surface area contributed by atoms with Crippen molar-refractivity contribution in [1.82, 2.24) is 0 Å². The predicted molar refractivity (Wildman–Crippen MR) is 32.6 cm³/mol. The first-order valence-corrected chi connectivity index (χ1v) is 6.34. The maximum atomic E-state index is 10.2. The lowest BCUT2D eigenvalue weighted by molar-refractivity contribution is 0.597. The summed E-state index contributed by atoms with van der Waals surface area (Å²) in [5.41, 5.74) is 0. The quantitative estimate of drug-likeness (QED) is 0.290. The molecule has 35 valence electrons. The summed E-state index contributed by atoms with van der Waals surface area (Å²) in [5, 5.41) is 0. The van der Waals surface area contributed by atoms with Crippen LogP contribution in [0.25, 0.3) is 0 Å². The maximum absolute atomic E-state index is 10.2. The molecule has 0 fully saturated rings. The smallest absolute Gasteiger partial charge is 0.104 e. The largest absolute Gasteiger partial charge is 0.294 e. The van der Waals surface area contributed by atoms with Gasteiger partial charge in [0, 0.05) is 13.5 Å². The Morgan fingerprint density at radius 3 is 2.50 bits per heavy atom. The van der Waals surface area contributed by atoms with Crippen LogP contribution in [0.3, 0.4) is 0 Å². The summed E-state index contributed by atoms with van der Waals surface area (Å²) in [7, 11) is -0.0131. The van der Waals surface area contributed by atoms with Gasteiger partial charge in [0.05, 0.1) is 0 Å². The Morgan fingerprint density at radius 2 is 2.50 bits per heavy atom. The maximum Gasteiger partial charge on any atom is 0.104 e. The van der Waals surface area contributed by atoms with E-state index in [1.165, 1.54) is 0 Å². The molecule has 0 aliphatic carbocycles. The van der Waals surface area contributed by atoms with Gasteiger partial charge in [-0.25, -0.2) is 0 Å². The molecule has 0 aliphatic rings. The second-order valence-corrected chi connectivity index (χ2v) is 5.71. The van der Waals surface area contributed by atoms with Crippen molar-refractivity contribution in [3.05, 3.63) is 12.7 Å². The molecular formula is C3H8OPSi. The first-order chi connectivity index (χ1) is 2.77. The molecule has 0 rings (SSSR count). The lowest BCUT2D eigenvalue weighted by atomic mass is 10.8. The third-order valence-corrected chi connectivity index (χ3v) is 2.25. The van der Waals surface area contributed by atoms with E-state index in [1.807, 2.05) is 0 Å². The van der Waals surface area contributed by atoms with E-state index in [2.05, 4.69) is 6.58 Å². The Kier molecular flexibility index (Phi) is 3.29. The lowest BCUT2D eigenvalue weighted by Crippen LogP contribution is -1.62. The van der Waals surface area contributed by atoms with E-state index < -0.39 is 7.35 Å². The summed E-state index contributed by atoms with van der Waals surface area (Å²) < 4.78 is 10.2. The number of hydrogen-bond donors (Lipinski definition) is 0. The summed E-state index contributed by atoms with van der Waals surface area (Å²) in [6.07, 6.45) is 2.41. The molecule has 0 spiro atoms. The van der Waals surface area contributed by atoms with E-state index in [-0.39, 0.29) is 0 Å². The van der Waals surface area contributed by atoms with Crippen molar-refractivity contribution in [2.24, 2.45) is 0 Å². The second kappa shape index (κ2) is 3.25. The van der Waals surface area contributed by atoms with Crippen LogP contribution in [0.4, 0.5) is 0 Å². The highest BCUT2D eigenvalue weighted by Crippen LogP contribution is 2.09. The molecule has 0 aromatic heterocycles. The van der Waals surface area contributed by atoms with Crippen LogP contribution in [0.1, 0.15) is 0 Å². The van der Waals surface area contributed by atoms with E-state index in [9.17, 15) is 4.57 Å². The molecule has 0 saturated carbocycles. The molecule has 0 aromatic carbocycles. The molecule has 1 radical (unpaired) electrons. The number of hydrogen-bond acceptors (Lipinski definition) is 1. The normalized spacial score (nSPS) is 11.0. The van der Waals surface area contributed by atoms with Crippen molar-refractivity contribution >= 4 is 17.3 Å². The van der Waals surface area contributed by atoms with Crippen molar-refractivity contribution in [1.29, 1.82) is 0 Å². The Bertz CT molecular complexity index is 71.2. The standard InChI is InChI=1S/C3H8OPSi/c1-2-3-5(4)6/h2H,1,3H2,6H3. The van der Waals surface area contributed by atoms with Gasteiger partial charge < -0.3 is 0 Å². The molecule has 0 aromatic rings. The van der Waals surface area contributed by atoms with Crippen molar-refractivity contribution < 1.29 is 4.57 Å². The molecule has 3 heteroatoms. The van der Waals surface area contributed by atoms with Crippen molar-refractivity contribution in [2.75, 3.05) is 6.16 Å². The van der Waals surface area contributed by atoms with E-state index in [0.717, 1.165) is 9.91 Å². The van der Waals surface area contributed by atoms with E-state index in [0.29, 0.717) is 6.16 Å². The molecule has 0 N–H and O–H groups in total. The van der Waals surface area contributed by atoms with Crippen LogP contribution in [0.15, 0.2) is 12.7 Å². The monoisotopic (exact) mass is 119 g/mol. The average Bonchev–Trinajstić information content (AvgIpc) is 1.35. The van der Waals surface area contributed by atoms with Gasteiger partial charge in [-0.3, -0.25) is 4.57 Å². The van der Waals surface area contributed by atoms with Gasteiger partial charge in [-0.2, -0.15) is 0 Å². The lowest BCUT2D eigenvalue weighted by Gasteiger charge is -1.77. The minimum absolute atomic E-state index is 0.710. The molecule has 6 heavy (non-hydrogen) atoms. The zero-order valence-corrected chi connectivity index (χ0v) is 6.74. The van der Waals surface area contributed by atoms with Crippen LogP contribution in [0.5, 0.6) is 0 Å². The topological polar surface area (TPSA) is 17.1 Å². The molecule has 0 saturated heterocycles. The molecule has 1 unspecified atom stereocenters. The SMILES string of the molecule is C=CC[P](=O)[SiH3]. The van der Waals surface area contributed by atoms with Gasteiger partial charge in [0.1, 0.15) is 9.91 Å². The highest BCUT2D eigenvalue weighted by atomic mass is 31.4. The van der Waals surface area contributed by atoms with E-state index >= 15 is 0 Å². The minimum atomic E-state index is -0.830. The first kappa shape index (κ1) is 6.06. The molecule has 0 bridgehead atoms. The van der Waals surface area contributed by atoms with E-state index in [4.69, 9.17) is 0 Å². The molecule has 1 atom stereocenters. The van der Waals surface area contributed by atoms with Crippen LogP contribution in [0, 0.1) is 0 Å².